The third-order valence-corrected chi connectivity index (χ3v) is 5.67. The number of benzene rings is 2. The molecule has 4 nitrogen and oxygen atoms in total. The molecule has 1 aliphatic rings. The summed E-state index contributed by atoms with van der Waals surface area (Å²) in [6.45, 7) is 2.88. The molecule has 1 atom stereocenters. The molecule has 1 saturated heterocycles. The number of aryl methyl sites for hydroxylation is 1. The molecule has 0 spiro atoms. The van der Waals surface area contributed by atoms with Gasteiger partial charge in [0.25, 0.3) is 5.91 Å². The van der Waals surface area contributed by atoms with E-state index in [1.165, 1.54) is 5.56 Å². The van der Waals surface area contributed by atoms with Crippen molar-refractivity contribution in [2.45, 2.75) is 25.8 Å². The fraction of sp³-hybridized carbons (Fsp3) is 0.200. The highest BCUT2D eigenvalue weighted by Crippen LogP contribution is 2.34. The van der Waals surface area contributed by atoms with Crippen molar-refractivity contribution >= 4 is 11.6 Å². The van der Waals surface area contributed by atoms with Crippen LogP contribution >= 0.6 is 0 Å². The van der Waals surface area contributed by atoms with Gasteiger partial charge in [-0.2, -0.15) is 0 Å². The molecule has 2 aromatic heterocycles. The molecular formula is C25H23N3O. The van der Waals surface area contributed by atoms with Gasteiger partial charge in [-0.05, 0) is 49.1 Å². The normalized spacial score (nSPS) is 16.4. The third kappa shape index (κ3) is 3.21. The summed E-state index contributed by atoms with van der Waals surface area (Å²) in [4.78, 5) is 20.1. The lowest BCUT2D eigenvalue weighted by molar-refractivity contribution is 0.0733. The van der Waals surface area contributed by atoms with Gasteiger partial charge in [-0.25, -0.2) is 4.98 Å². The number of aromatic nitrogens is 2. The van der Waals surface area contributed by atoms with Gasteiger partial charge in [0.15, 0.2) is 0 Å². The van der Waals surface area contributed by atoms with Crippen LogP contribution in [0, 0.1) is 6.92 Å². The Bertz CT molecular complexity index is 1160. The minimum Gasteiger partial charge on any atom is -0.330 e. The number of hydrogen-bond donors (Lipinski definition) is 0. The Morgan fingerprint density at radius 1 is 1.00 bits per heavy atom. The van der Waals surface area contributed by atoms with Crippen LogP contribution in [0.5, 0.6) is 0 Å². The predicted octanol–water partition coefficient (Wildman–Crippen LogP) is 5.29. The van der Waals surface area contributed by atoms with Gasteiger partial charge in [-0.3, -0.25) is 4.79 Å². The summed E-state index contributed by atoms with van der Waals surface area (Å²) < 4.78 is 2.11. The van der Waals surface area contributed by atoms with E-state index in [-0.39, 0.29) is 11.9 Å². The average Bonchev–Trinajstić information content (AvgIpc) is 3.40. The highest BCUT2D eigenvalue weighted by Gasteiger charge is 2.32. The van der Waals surface area contributed by atoms with E-state index in [0.717, 1.165) is 47.4 Å². The maximum absolute atomic E-state index is 13.1. The first kappa shape index (κ1) is 17.7. The monoisotopic (exact) mass is 381 g/mol. The molecule has 1 amide bonds. The molecule has 4 heteroatoms. The van der Waals surface area contributed by atoms with Gasteiger partial charge in [-0.15, -0.1) is 0 Å². The van der Waals surface area contributed by atoms with Crippen LogP contribution in [0.1, 0.15) is 40.5 Å². The quantitative estimate of drug-likeness (QED) is 0.484. The molecule has 4 aromatic rings. The number of hydrogen-bond acceptors (Lipinski definition) is 2. The van der Waals surface area contributed by atoms with Gasteiger partial charge in [0, 0.05) is 30.1 Å². The van der Waals surface area contributed by atoms with Crippen LogP contribution in [0.4, 0.5) is 0 Å². The second kappa shape index (κ2) is 7.21. The zero-order valence-electron chi connectivity index (χ0n) is 16.5. The molecule has 0 N–H and O–H groups in total. The van der Waals surface area contributed by atoms with Crippen molar-refractivity contribution in [1.82, 2.24) is 14.3 Å². The van der Waals surface area contributed by atoms with Crippen molar-refractivity contribution in [3.8, 4) is 11.1 Å². The SMILES string of the molecule is Cc1cc(-c2ccccc2)c2nc([C@@H]3CCCN3C(=O)c3ccccc3)cn2c1. The molecule has 1 fully saturated rings. The smallest absolute Gasteiger partial charge is 0.254 e. The van der Waals surface area contributed by atoms with Gasteiger partial charge < -0.3 is 9.30 Å². The maximum Gasteiger partial charge on any atom is 0.254 e. The highest BCUT2D eigenvalue weighted by molar-refractivity contribution is 5.94. The van der Waals surface area contributed by atoms with Crippen LogP contribution in [-0.4, -0.2) is 26.7 Å². The van der Waals surface area contributed by atoms with Crippen LogP contribution in [0.2, 0.25) is 0 Å². The van der Waals surface area contributed by atoms with Crippen molar-refractivity contribution in [2.24, 2.45) is 0 Å². The van der Waals surface area contributed by atoms with Crippen LogP contribution in [-0.2, 0) is 0 Å². The van der Waals surface area contributed by atoms with E-state index in [4.69, 9.17) is 4.98 Å². The topological polar surface area (TPSA) is 37.6 Å². The number of amides is 1. The zero-order chi connectivity index (χ0) is 19.8. The number of imidazole rings is 1. The van der Waals surface area contributed by atoms with Gasteiger partial charge in [0.05, 0.1) is 11.7 Å². The standard InChI is InChI=1S/C25H23N3O/c1-18-15-21(19-9-4-2-5-10-19)24-26-22(17-27(24)16-18)23-13-8-14-28(23)25(29)20-11-6-3-7-12-20/h2-7,9-12,15-17,23H,8,13-14H2,1H3/t23-/m0/s1. The molecule has 3 heterocycles. The molecule has 2 aromatic carbocycles. The van der Waals surface area contributed by atoms with Crippen molar-refractivity contribution in [3.63, 3.8) is 0 Å². The Labute approximate surface area is 170 Å². The van der Waals surface area contributed by atoms with E-state index in [1.807, 2.05) is 41.3 Å². The summed E-state index contributed by atoms with van der Waals surface area (Å²) >= 11 is 0. The average molecular weight is 381 g/mol. The number of nitrogens with zero attached hydrogens (tertiary/aromatic N) is 3. The number of carbonyl (C=O) groups is 1. The van der Waals surface area contributed by atoms with E-state index in [1.54, 1.807) is 0 Å². The summed E-state index contributed by atoms with van der Waals surface area (Å²) in [5.74, 6) is 0.0876. The molecule has 0 bridgehead atoms. The lowest BCUT2D eigenvalue weighted by Gasteiger charge is -2.23. The lowest BCUT2D eigenvalue weighted by Crippen LogP contribution is -2.30. The number of fused-ring (bicyclic) bond motifs is 1. The predicted molar refractivity (Wildman–Crippen MR) is 115 cm³/mol. The maximum atomic E-state index is 13.1. The molecule has 144 valence electrons. The summed E-state index contributed by atoms with van der Waals surface area (Å²) in [7, 11) is 0. The molecule has 29 heavy (non-hydrogen) atoms. The van der Waals surface area contributed by atoms with Gasteiger partial charge >= 0.3 is 0 Å². The molecule has 5 rings (SSSR count). The summed E-state index contributed by atoms with van der Waals surface area (Å²) in [5, 5.41) is 0. The third-order valence-electron chi connectivity index (χ3n) is 5.67. The van der Waals surface area contributed by atoms with Crippen LogP contribution < -0.4 is 0 Å². The number of pyridine rings is 1. The Balaban J connectivity index is 1.56. The minimum atomic E-state index is 0.0199. The Hall–Kier alpha value is -3.40. The Morgan fingerprint density at radius 2 is 1.72 bits per heavy atom. The number of likely N-dealkylation sites (tertiary alicyclic amines) is 1. The molecule has 0 unspecified atom stereocenters. The van der Waals surface area contributed by atoms with Crippen LogP contribution in [0.15, 0.2) is 79.1 Å². The summed E-state index contributed by atoms with van der Waals surface area (Å²) in [6, 6.07) is 22.1. The first-order valence-corrected chi connectivity index (χ1v) is 10.1. The lowest BCUT2D eigenvalue weighted by atomic mass is 10.1. The first-order valence-electron chi connectivity index (χ1n) is 10.1. The molecular weight excluding hydrogens is 358 g/mol. The first-order chi connectivity index (χ1) is 14.2. The van der Waals surface area contributed by atoms with E-state index < -0.39 is 0 Å². The van der Waals surface area contributed by atoms with E-state index in [9.17, 15) is 4.79 Å². The number of rotatable bonds is 3. The van der Waals surface area contributed by atoms with Gasteiger partial charge in [-0.1, -0.05) is 48.5 Å². The fourth-order valence-corrected chi connectivity index (χ4v) is 4.31. The van der Waals surface area contributed by atoms with E-state index in [2.05, 4.69) is 54.0 Å². The number of carbonyl (C=O) groups excluding carboxylic acids is 1. The largest absolute Gasteiger partial charge is 0.330 e. The zero-order valence-corrected chi connectivity index (χ0v) is 16.5. The second-order valence-corrected chi connectivity index (χ2v) is 7.72. The molecule has 0 saturated carbocycles. The second-order valence-electron chi connectivity index (χ2n) is 7.72. The van der Waals surface area contributed by atoms with Crippen LogP contribution in [0.3, 0.4) is 0 Å². The Morgan fingerprint density at radius 3 is 2.48 bits per heavy atom. The minimum absolute atomic E-state index is 0.0199. The van der Waals surface area contributed by atoms with Gasteiger partial charge in [0.1, 0.15) is 5.65 Å². The summed E-state index contributed by atoms with van der Waals surface area (Å²) in [6.07, 6.45) is 6.15. The Kier molecular flexibility index (Phi) is 4.39. The van der Waals surface area contributed by atoms with Crippen molar-refractivity contribution in [3.05, 3.63) is 95.9 Å². The van der Waals surface area contributed by atoms with Gasteiger partial charge in [0.2, 0.25) is 0 Å². The highest BCUT2D eigenvalue weighted by atomic mass is 16.2. The van der Waals surface area contributed by atoms with Crippen molar-refractivity contribution < 1.29 is 4.79 Å². The van der Waals surface area contributed by atoms with Crippen molar-refractivity contribution in [2.75, 3.05) is 6.54 Å². The van der Waals surface area contributed by atoms with Crippen LogP contribution in [0.25, 0.3) is 16.8 Å². The molecule has 0 aliphatic carbocycles. The van der Waals surface area contributed by atoms with Crippen molar-refractivity contribution in [1.29, 1.82) is 0 Å². The molecule has 1 aliphatic heterocycles. The molecule has 0 radical (unpaired) electrons. The fourth-order valence-electron chi connectivity index (χ4n) is 4.31. The van der Waals surface area contributed by atoms with E-state index in [0.29, 0.717) is 0 Å². The van der Waals surface area contributed by atoms with E-state index >= 15 is 0 Å². The summed E-state index contributed by atoms with van der Waals surface area (Å²) in [5.41, 5.74) is 6.11.